The Morgan fingerprint density at radius 3 is 2.66 bits per heavy atom. The molecule has 8 nitrogen and oxygen atoms in total. The molecule has 170 valence electrons. The first-order valence-electron chi connectivity index (χ1n) is 11.3. The number of nitrogens with one attached hydrogen (secondary N) is 2. The molecule has 1 unspecified atom stereocenters. The Kier molecular flexibility index (Phi) is 6.04. The minimum Gasteiger partial charge on any atom is -0.351 e. The molecule has 2 aromatic rings. The lowest BCUT2D eigenvalue weighted by atomic mass is 9.92. The number of carbonyl (C=O) groups is 3. The molecule has 0 radical (unpaired) electrons. The quantitative estimate of drug-likeness (QED) is 0.751. The van der Waals surface area contributed by atoms with Crippen LogP contribution in [0.2, 0.25) is 0 Å². The summed E-state index contributed by atoms with van der Waals surface area (Å²) in [7, 11) is 1.64. The highest BCUT2D eigenvalue weighted by molar-refractivity contribution is 6.01. The van der Waals surface area contributed by atoms with Crippen LogP contribution in [0.3, 0.4) is 0 Å². The fraction of sp³-hybridized carbons (Fsp3) is 0.500. The van der Waals surface area contributed by atoms with Crippen molar-refractivity contribution in [1.82, 2.24) is 25.3 Å². The van der Waals surface area contributed by atoms with Gasteiger partial charge in [0, 0.05) is 25.7 Å². The average Bonchev–Trinajstić information content (AvgIpc) is 3.20. The van der Waals surface area contributed by atoms with Crippen molar-refractivity contribution in [3.63, 3.8) is 0 Å². The zero-order valence-electron chi connectivity index (χ0n) is 19.0. The fourth-order valence-corrected chi connectivity index (χ4v) is 4.52. The maximum atomic E-state index is 13.2. The SMILES string of the molecule is Cc1cccc(CNC(=O)c2cc3n(n2)CC(C)(C(=O)NC2CCCCC2)N(C)C3=O)c1. The number of aryl methyl sites for hydroxylation is 1. The minimum atomic E-state index is -1.07. The number of fused-ring (bicyclic) bond motifs is 1. The molecule has 1 saturated carbocycles. The molecule has 1 atom stereocenters. The van der Waals surface area contributed by atoms with E-state index in [0.717, 1.165) is 36.8 Å². The molecule has 1 aromatic carbocycles. The van der Waals surface area contributed by atoms with Crippen LogP contribution < -0.4 is 10.6 Å². The van der Waals surface area contributed by atoms with Crippen molar-refractivity contribution in [2.75, 3.05) is 7.05 Å². The van der Waals surface area contributed by atoms with Crippen molar-refractivity contribution in [3.05, 3.63) is 52.8 Å². The molecular weight excluding hydrogens is 406 g/mol. The summed E-state index contributed by atoms with van der Waals surface area (Å²) < 4.78 is 1.49. The molecular formula is C24H31N5O3. The molecule has 1 aliphatic heterocycles. The summed E-state index contributed by atoms with van der Waals surface area (Å²) in [5.74, 6) is -0.841. The normalized spacial score (nSPS) is 21.2. The molecule has 0 bridgehead atoms. The zero-order chi connectivity index (χ0) is 22.9. The number of benzene rings is 1. The van der Waals surface area contributed by atoms with E-state index in [0.29, 0.717) is 12.2 Å². The Hall–Kier alpha value is -3.16. The molecule has 4 rings (SSSR count). The van der Waals surface area contributed by atoms with Gasteiger partial charge in [-0.1, -0.05) is 49.1 Å². The second kappa shape index (κ2) is 8.76. The van der Waals surface area contributed by atoms with Gasteiger partial charge in [0.15, 0.2) is 5.69 Å². The van der Waals surface area contributed by atoms with Crippen LogP contribution >= 0.6 is 0 Å². The van der Waals surface area contributed by atoms with Crippen LogP contribution in [0.4, 0.5) is 0 Å². The van der Waals surface area contributed by atoms with Crippen molar-refractivity contribution < 1.29 is 14.4 Å². The number of rotatable bonds is 5. The lowest BCUT2D eigenvalue weighted by molar-refractivity contribution is -0.133. The van der Waals surface area contributed by atoms with Crippen molar-refractivity contribution in [2.24, 2.45) is 0 Å². The third-order valence-electron chi connectivity index (χ3n) is 6.70. The molecule has 3 amide bonds. The van der Waals surface area contributed by atoms with Crippen LogP contribution in [0.25, 0.3) is 0 Å². The number of nitrogens with zero attached hydrogens (tertiary/aromatic N) is 3. The van der Waals surface area contributed by atoms with Crippen LogP contribution in [0.15, 0.2) is 30.3 Å². The summed E-state index contributed by atoms with van der Waals surface area (Å²) >= 11 is 0. The van der Waals surface area contributed by atoms with Gasteiger partial charge in [-0.25, -0.2) is 0 Å². The van der Waals surface area contributed by atoms with Gasteiger partial charge >= 0.3 is 0 Å². The van der Waals surface area contributed by atoms with Crippen molar-refractivity contribution >= 4 is 17.7 Å². The number of hydrogen-bond donors (Lipinski definition) is 2. The Morgan fingerprint density at radius 1 is 1.19 bits per heavy atom. The molecule has 1 fully saturated rings. The highest BCUT2D eigenvalue weighted by Gasteiger charge is 2.46. The van der Waals surface area contributed by atoms with E-state index in [1.165, 1.54) is 22.1 Å². The molecule has 0 saturated heterocycles. The Labute approximate surface area is 188 Å². The first-order chi connectivity index (χ1) is 15.3. The molecule has 1 aliphatic carbocycles. The fourth-order valence-electron chi connectivity index (χ4n) is 4.52. The monoisotopic (exact) mass is 437 g/mol. The Morgan fingerprint density at radius 2 is 1.94 bits per heavy atom. The van der Waals surface area contributed by atoms with Crippen LogP contribution in [-0.4, -0.2) is 51.0 Å². The van der Waals surface area contributed by atoms with Gasteiger partial charge in [-0.2, -0.15) is 5.10 Å². The summed E-state index contributed by atoms with van der Waals surface area (Å²) in [6.45, 7) is 4.33. The molecule has 2 heterocycles. The smallest absolute Gasteiger partial charge is 0.272 e. The first-order valence-corrected chi connectivity index (χ1v) is 11.3. The van der Waals surface area contributed by atoms with Crippen molar-refractivity contribution in [3.8, 4) is 0 Å². The van der Waals surface area contributed by atoms with Gasteiger partial charge in [-0.15, -0.1) is 0 Å². The number of likely N-dealkylation sites (N-methyl/N-ethyl adjacent to an activating group) is 1. The van der Waals surface area contributed by atoms with Gasteiger partial charge in [-0.05, 0) is 32.3 Å². The van der Waals surface area contributed by atoms with E-state index < -0.39 is 5.54 Å². The lowest BCUT2D eigenvalue weighted by Gasteiger charge is -2.41. The van der Waals surface area contributed by atoms with E-state index in [1.807, 2.05) is 31.2 Å². The standard InChI is InChI=1S/C24H31N5O3/c1-16-8-7-9-17(12-16)14-25-21(30)19-13-20-22(31)28(3)24(2,15-29(20)27-19)23(32)26-18-10-5-4-6-11-18/h7-9,12-13,18H,4-6,10-11,14-15H2,1-3H3,(H,25,30)(H,26,32). The van der Waals surface area contributed by atoms with Gasteiger partial charge in [0.25, 0.3) is 11.8 Å². The molecule has 2 N–H and O–H groups in total. The first kappa shape index (κ1) is 22.0. The predicted octanol–water partition coefficient (Wildman–Crippen LogP) is 2.41. The minimum absolute atomic E-state index is 0.151. The summed E-state index contributed by atoms with van der Waals surface area (Å²) in [5, 5.41) is 10.4. The maximum absolute atomic E-state index is 13.2. The maximum Gasteiger partial charge on any atom is 0.272 e. The number of hydrogen-bond acceptors (Lipinski definition) is 4. The van der Waals surface area contributed by atoms with Crippen LogP contribution in [-0.2, 0) is 17.9 Å². The van der Waals surface area contributed by atoms with Crippen LogP contribution in [0.1, 0.15) is 71.1 Å². The van der Waals surface area contributed by atoms with Gasteiger partial charge in [0.1, 0.15) is 11.2 Å². The number of aromatic nitrogens is 2. The molecule has 8 heteroatoms. The highest BCUT2D eigenvalue weighted by atomic mass is 16.2. The van der Waals surface area contributed by atoms with Crippen LogP contribution in [0, 0.1) is 6.92 Å². The Bertz CT molecular complexity index is 1040. The summed E-state index contributed by atoms with van der Waals surface area (Å²) in [6, 6.07) is 9.55. The number of amides is 3. The molecule has 0 spiro atoms. The molecule has 1 aromatic heterocycles. The topological polar surface area (TPSA) is 96.3 Å². The molecule has 32 heavy (non-hydrogen) atoms. The number of carbonyl (C=O) groups excluding carboxylic acids is 3. The van der Waals surface area contributed by atoms with E-state index in [2.05, 4.69) is 15.7 Å². The molecule has 2 aliphatic rings. The van der Waals surface area contributed by atoms with E-state index >= 15 is 0 Å². The van der Waals surface area contributed by atoms with Gasteiger partial charge < -0.3 is 15.5 Å². The second-order valence-corrected chi connectivity index (χ2v) is 9.19. The largest absolute Gasteiger partial charge is 0.351 e. The second-order valence-electron chi connectivity index (χ2n) is 9.19. The van der Waals surface area contributed by atoms with Crippen LogP contribution in [0.5, 0.6) is 0 Å². The summed E-state index contributed by atoms with van der Waals surface area (Å²) in [4.78, 5) is 40.3. The summed E-state index contributed by atoms with van der Waals surface area (Å²) in [5.41, 5.74) is 1.53. The Balaban J connectivity index is 1.48. The van der Waals surface area contributed by atoms with E-state index in [-0.39, 0.29) is 36.0 Å². The van der Waals surface area contributed by atoms with E-state index in [1.54, 1.807) is 14.0 Å². The van der Waals surface area contributed by atoms with Crippen molar-refractivity contribution in [1.29, 1.82) is 0 Å². The van der Waals surface area contributed by atoms with Crippen molar-refractivity contribution in [2.45, 2.75) is 70.6 Å². The van der Waals surface area contributed by atoms with E-state index in [9.17, 15) is 14.4 Å². The third kappa shape index (κ3) is 4.26. The lowest BCUT2D eigenvalue weighted by Crippen LogP contribution is -2.63. The zero-order valence-corrected chi connectivity index (χ0v) is 19.0. The van der Waals surface area contributed by atoms with E-state index in [4.69, 9.17) is 0 Å². The predicted molar refractivity (Wildman–Crippen MR) is 120 cm³/mol. The van der Waals surface area contributed by atoms with Gasteiger partial charge in [0.2, 0.25) is 5.91 Å². The summed E-state index contributed by atoms with van der Waals surface area (Å²) in [6.07, 6.45) is 5.37. The van der Waals surface area contributed by atoms with Gasteiger partial charge in [0.05, 0.1) is 6.54 Å². The highest BCUT2D eigenvalue weighted by Crippen LogP contribution is 2.27. The third-order valence-corrected chi connectivity index (χ3v) is 6.70. The average molecular weight is 438 g/mol. The van der Waals surface area contributed by atoms with Gasteiger partial charge in [-0.3, -0.25) is 19.1 Å².